The number of thiazole rings is 1. The van der Waals surface area contributed by atoms with Gasteiger partial charge in [0.05, 0.1) is 6.54 Å². The normalized spacial score (nSPS) is 27.2. The molecule has 1 aromatic rings. The molecule has 0 aromatic carbocycles. The highest BCUT2D eigenvalue weighted by Gasteiger charge is 2.25. The molecule has 4 heteroatoms. The van der Waals surface area contributed by atoms with Gasteiger partial charge in [-0.25, -0.2) is 4.98 Å². The summed E-state index contributed by atoms with van der Waals surface area (Å²) in [5.41, 5.74) is 6.91. The van der Waals surface area contributed by atoms with Crippen molar-refractivity contribution in [1.29, 1.82) is 0 Å². The summed E-state index contributed by atoms with van der Waals surface area (Å²) >= 11 is 1.77. The standard InChI is InChI=1S/C12H21N3S/c1-9-8-16-12(14-9)7-15-6-11(5-13)4-3-10(15)2/h8,10-11H,3-7,13H2,1-2H3. The van der Waals surface area contributed by atoms with E-state index >= 15 is 0 Å². The topological polar surface area (TPSA) is 42.1 Å². The molecular weight excluding hydrogens is 218 g/mol. The maximum Gasteiger partial charge on any atom is 0.107 e. The number of rotatable bonds is 3. The fourth-order valence-electron chi connectivity index (χ4n) is 2.32. The minimum Gasteiger partial charge on any atom is -0.330 e. The molecule has 1 aliphatic heterocycles. The summed E-state index contributed by atoms with van der Waals surface area (Å²) in [6.07, 6.45) is 2.55. The molecular formula is C12H21N3S. The summed E-state index contributed by atoms with van der Waals surface area (Å²) < 4.78 is 0. The molecule has 2 unspecified atom stereocenters. The van der Waals surface area contributed by atoms with Gasteiger partial charge in [-0.2, -0.15) is 0 Å². The van der Waals surface area contributed by atoms with Crippen LogP contribution in [0.1, 0.15) is 30.5 Å². The van der Waals surface area contributed by atoms with Crippen molar-refractivity contribution in [2.75, 3.05) is 13.1 Å². The highest BCUT2D eigenvalue weighted by atomic mass is 32.1. The summed E-state index contributed by atoms with van der Waals surface area (Å²) in [7, 11) is 0. The van der Waals surface area contributed by atoms with Crippen LogP contribution in [0, 0.1) is 12.8 Å². The van der Waals surface area contributed by atoms with Crippen LogP contribution in [0.5, 0.6) is 0 Å². The maximum atomic E-state index is 5.77. The molecule has 90 valence electrons. The van der Waals surface area contributed by atoms with E-state index < -0.39 is 0 Å². The Balaban J connectivity index is 1.96. The largest absolute Gasteiger partial charge is 0.330 e. The first-order chi connectivity index (χ1) is 7.69. The van der Waals surface area contributed by atoms with E-state index in [1.807, 2.05) is 0 Å². The third-order valence-corrected chi connectivity index (χ3v) is 4.40. The monoisotopic (exact) mass is 239 g/mol. The minimum absolute atomic E-state index is 0.673. The van der Waals surface area contributed by atoms with Crippen LogP contribution in [0.4, 0.5) is 0 Å². The number of aromatic nitrogens is 1. The molecule has 2 N–H and O–H groups in total. The summed E-state index contributed by atoms with van der Waals surface area (Å²) in [5, 5.41) is 3.37. The van der Waals surface area contributed by atoms with Crippen molar-refractivity contribution in [1.82, 2.24) is 9.88 Å². The van der Waals surface area contributed by atoms with Crippen LogP contribution in [-0.2, 0) is 6.54 Å². The van der Waals surface area contributed by atoms with Gasteiger partial charge in [0.25, 0.3) is 0 Å². The van der Waals surface area contributed by atoms with Gasteiger partial charge < -0.3 is 5.73 Å². The van der Waals surface area contributed by atoms with Gasteiger partial charge in [0, 0.05) is 23.7 Å². The molecule has 2 heterocycles. The Morgan fingerprint density at radius 2 is 2.38 bits per heavy atom. The van der Waals surface area contributed by atoms with Crippen LogP contribution < -0.4 is 5.73 Å². The van der Waals surface area contributed by atoms with E-state index in [1.54, 1.807) is 11.3 Å². The number of nitrogens with zero attached hydrogens (tertiary/aromatic N) is 2. The summed E-state index contributed by atoms with van der Waals surface area (Å²) in [5.74, 6) is 0.678. The van der Waals surface area contributed by atoms with E-state index in [0.29, 0.717) is 12.0 Å². The number of hydrogen-bond donors (Lipinski definition) is 1. The number of piperidine rings is 1. The molecule has 16 heavy (non-hydrogen) atoms. The number of hydrogen-bond acceptors (Lipinski definition) is 4. The van der Waals surface area contributed by atoms with Gasteiger partial charge in [0.1, 0.15) is 5.01 Å². The number of likely N-dealkylation sites (tertiary alicyclic amines) is 1. The quantitative estimate of drug-likeness (QED) is 0.877. The Labute approximate surface area is 102 Å². The molecule has 0 amide bonds. The van der Waals surface area contributed by atoms with Crippen molar-refractivity contribution in [3.63, 3.8) is 0 Å². The molecule has 1 fully saturated rings. The Kier molecular flexibility index (Phi) is 3.95. The molecule has 0 saturated carbocycles. The predicted octanol–water partition coefficient (Wildman–Crippen LogP) is 2.01. The average Bonchev–Trinajstić information content (AvgIpc) is 2.67. The lowest BCUT2D eigenvalue weighted by Gasteiger charge is -2.37. The average molecular weight is 239 g/mol. The molecule has 0 radical (unpaired) electrons. The van der Waals surface area contributed by atoms with E-state index in [0.717, 1.165) is 25.3 Å². The maximum absolute atomic E-state index is 5.77. The first-order valence-corrected chi connectivity index (χ1v) is 6.92. The second kappa shape index (κ2) is 5.25. The molecule has 0 aliphatic carbocycles. The highest BCUT2D eigenvalue weighted by Crippen LogP contribution is 2.23. The van der Waals surface area contributed by atoms with E-state index in [9.17, 15) is 0 Å². The zero-order valence-corrected chi connectivity index (χ0v) is 11.0. The zero-order chi connectivity index (χ0) is 11.5. The summed E-state index contributed by atoms with van der Waals surface area (Å²) in [6.45, 7) is 7.32. The van der Waals surface area contributed by atoms with Gasteiger partial charge in [-0.15, -0.1) is 11.3 Å². The van der Waals surface area contributed by atoms with Crippen LogP contribution in [-0.4, -0.2) is 29.0 Å². The van der Waals surface area contributed by atoms with Gasteiger partial charge in [0.15, 0.2) is 0 Å². The van der Waals surface area contributed by atoms with Crippen molar-refractivity contribution in [2.24, 2.45) is 11.7 Å². The molecule has 1 aliphatic rings. The minimum atomic E-state index is 0.673. The van der Waals surface area contributed by atoms with E-state index in [-0.39, 0.29) is 0 Å². The first-order valence-electron chi connectivity index (χ1n) is 6.04. The Morgan fingerprint density at radius 3 is 3.00 bits per heavy atom. The first kappa shape index (κ1) is 12.0. The fraction of sp³-hybridized carbons (Fsp3) is 0.750. The van der Waals surface area contributed by atoms with E-state index in [1.165, 1.54) is 17.8 Å². The lowest BCUT2D eigenvalue weighted by atomic mass is 9.94. The molecule has 1 aromatic heterocycles. The molecule has 2 rings (SSSR count). The van der Waals surface area contributed by atoms with Crippen molar-refractivity contribution >= 4 is 11.3 Å². The second-order valence-electron chi connectivity index (χ2n) is 4.84. The van der Waals surface area contributed by atoms with Crippen LogP contribution in [0.2, 0.25) is 0 Å². The lowest BCUT2D eigenvalue weighted by Crippen LogP contribution is -2.43. The van der Waals surface area contributed by atoms with Gasteiger partial charge >= 0.3 is 0 Å². The molecule has 1 saturated heterocycles. The van der Waals surface area contributed by atoms with E-state index in [4.69, 9.17) is 5.73 Å². The Bertz CT molecular complexity index is 337. The number of nitrogens with two attached hydrogens (primary N) is 1. The van der Waals surface area contributed by atoms with Gasteiger partial charge in [-0.3, -0.25) is 4.90 Å². The molecule has 2 atom stereocenters. The van der Waals surface area contributed by atoms with Crippen molar-refractivity contribution in [3.8, 4) is 0 Å². The van der Waals surface area contributed by atoms with Gasteiger partial charge in [-0.1, -0.05) is 0 Å². The number of aryl methyl sites for hydroxylation is 1. The molecule has 0 spiro atoms. The Morgan fingerprint density at radius 1 is 1.56 bits per heavy atom. The third kappa shape index (κ3) is 2.81. The summed E-state index contributed by atoms with van der Waals surface area (Å²) in [6, 6.07) is 0.673. The van der Waals surface area contributed by atoms with Crippen molar-refractivity contribution < 1.29 is 0 Å². The lowest BCUT2D eigenvalue weighted by molar-refractivity contribution is 0.113. The SMILES string of the molecule is Cc1csc(CN2CC(CN)CCC2C)n1. The van der Waals surface area contributed by atoms with Crippen molar-refractivity contribution in [3.05, 3.63) is 16.1 Å². The third-order valence-electron chi connectivity index (χ3n) is 3.45. The second-order valence-corrected chi connectivity index (χ2v) is 5.78. The van der Waals surface area contributed by atoms with Crippen molar-refractivity contribution in [2.45, 2.75) is 39.3 Å². The van der Waals surface area contributed by atoms with Gasteiger partial charge in [0.2, 0.25) is 0 Å². The van der Waals surface area contributed by atoms with Crippen LogP contribution in [0.15, 0.2) is 5.38 Å². The highest BCUT2D eigenvalue weighted by molar-refractivity contribution is 7.09. The predicted molar refractivity (Wildman–Crippen MR) is 68.5 cm³/mol. The van der Waals surface area contributed by atoms with E-state index in [2.05, 4.69) is 29.1 Å². The zero-order valence-electron chi connectivity index (χ0n) is 10.1. The fourth-order valence-corrected chi connectivity index (χ4v) is 3.12. The van der Waals surface area contributed by atoms with Crippen LogP contribution in [0.3, 0.4) is 0 Å². The Hall–Kier alpha value is -0.450. The smallest absolute Gasteiger partial charge is 0.107 e. The molecule has 3 nitrogen and oxygen atoms in total. The summed E-state index contributed by atoms with van der Waals surface area (Å²) in [4.78, 5) is 7.06. The van der Waals surface area contributed by atoms with Crippen LogP contribution in [0.25, 0.3) is 0 Å². The van der Waals surface area contributed by atoms with Crippen LogP contribution >= 0.6 is 11.3 Å². The van der Waals surface area contributed by atoms with Gasteiger partial charge in [-0.05, 0) is 39.2 Å². The molecule has 0 bridgehead atoms.